The molecule has 0 unspecified atom stereocenters. The fourth-order valence-electron chi connectivity index (χ4n) is 7.92. The van der Waals surface area contributed by atoms with E-state index >= 15 is 4.79 Å². The van der Waals surface area contributed by atoms with E-state index in [1.165, 1.54) is 25.7 Å². The maximum absolute atomic E-state index is 15.3. The van der Waals surface area contributed by atoms with Gasteiger partial charge in [0, 0.05) is 37.0 Å². The Bertz CT molecular complexity index is 2060. The number of nitrogens with zero attached hydrogens (tertiary/aromatic N) is 4. The average molecular weight is 725 g/mol. The highest BCUT2D eigenvalue weighted by molar-refractivity contribution is 5.91. The average Bonchev–Trinajstić information content (AvgIpc) is 4.14. The Hall–Kier alpha value is -5.39. The molecule has 54 heavy (non-hydrogen) atoms. The Kier molecular flexibility index (Phi) is 9.42. The van der Waals surface area contributed by atoms with Crippen LogP contribution in [0.25, 0.3) is 21.8 Å². The predicted molar refractivity (Wildman–Crippen MR) is 211 cm³/mol. The van der Waals surface area contributed by atoms with Crippen LogP contribution < -0.4 is 10.6 Å². The van der Waals surface area contributed by atoms with Crippen molar-refractivity contribution in [3.8, 4) is 0 Å². The molecule has 3 fully saturated rings. The Labute approximate surface area is 314 Å². The van der Waals surface area contributed by atoms with Crippen molar-refractivity contribution in [3.63, 3.8) is 0 Å². The molecule has 2 aliphatic carbocycles. The number of nitrogens with one attached hydrogen (secondary N) is 4. The Morgan fingerprint density at radius 1 is 0.593 bits per heavy atom. The van der Waals surface area contributed by atoms with Gasteiger partial charge in [-0.3, -0.25) is 10.2 Å². The summed E-state index contributed by atoms with van der Waals surface area (Å²) in [6, 6.07) is 30.4. The normalized spacial score (nSPS) is 21.9. The molecule has 278 valence electrons. The molecule has 6 N–H and O–H groups in total. The van der Waals surface area contributed by atoms with Gasteiger partial charge in [-0.15, -0.1) is 0 Å². The number of hydrogen-bond acceptors (Lipinski definition) is 7. The largest absolute Gasteiger partial charge is 0.388 e. The van der Waals surface area contributed by atoms with Crippen molar-refractivity contribution >= 4 is 39.5 Å². The molecular formula is C43H48N8O3. The number of anilines is 2. The molecule has 11 heteroatoms. The number of aromatic amines is 2. The number of H-pyrrole nitrogens is 2. The Morgan fingerprint density at radius 3 is 1.43 bits per heavy atom. The number of hydrogen-bond donors (Lipinski definition) is 6. The number of carbonyl (C=O) groups is 1. The number of aliphatic hydroxyl groups is 2. The summed E-state index contributed by atoms with van der Waals surface area (Å²) in [5.41, 5.74) is 5.63. The number of aliphatic hydroxyl groups excluding tert-OH is 2. The van der Waals surface area contributed by atoms with Crippen LogP contribution >= 0.6 is 0 Å². The lowest BCUT2D eigenvalue weighted by Gasteiger charge is -2.36. The molecule has 2 aromatic heterocycles. The van der Waals surface area contributed by atoms with Gasteiger partial charge in [-0.25, -0.2) is 4.79 Å². The van der Waals surface area contributed by atoms with Gasteiger partial charge in [0.05, 0.1) is 23.1 Å². The van der Waals surface area contributed by atoms with E-state index in [1.54, 1.807) is 9.80 Å². The van der Waals surface area contributed by atoms with Crippen LogP contribution in [0, 0.1) is 11.8 Å². The monoisotopic (exact) mass is 724 g/mol. The van der Waals surface area contributed by atoms with Gasteiger partial charge in [-0.1, -0.05) is 72.8 Å². The molecule has 1 saturated heterocycles. The van der Waals surface area contributed by atoms with Crippen LogP contribution in [0.5, 0.6) is 0 Å². The van der Waals surface area contributed by atoms with Crippen LogP contribution in [0.1, 0.15) is 47.9 Å². The van der Waals surface area contributed by atoms with Crippen LogP contribution in [0.4, 0.5) is 16.4 Å². The third-order valence-electron chi connectivity index (χ3n) is 11.5. The number of rotatable bonds is 14. The molecule has 9 rings (SSSR count). The smallest absolute Gasteiger partial charge is 0.321 e. The molecule has 4 aromatic carbocycles. The van der Waals surface area contributed by atoms with E-state index < -0.39 is 24.3 Å². The van der Waals surface area contributed by atoms with Gasteiger partial charge in [0.15, 0.2) is 11.6 Å². The maximum atomic E-state index is 15.3. The third kappa shape index (κ3) is 7.38. The molecule has 6 aromatic rings. The van der Waals surface area contributed by atoms with E-state index in [0.29, 0.717) is 24.7 Å². The summed E-state index contributed by atoms with van der Waals surface area (Å²) in [6.07, 6.45) is 3.31. The summed E-state index contributed by atoms with van der Waals surface area (Å²) in [5, 5.41) is 48.8. The first kappa shape index (κ1) is 34.4. The molecule has 4 atom stereocenters. The van der Waals surface area contributed by atoms with E-state index in [0.717, 1.165) is 68.8 Å². The number of benzene rings is 4. The third-order valence-corrected chi connectivity index (χ3v) is 11.5. The van der Waals surface area contributed by atoms with Gasteiger partial charge in [0.1, 0.15) is 12.2 Å². The maximum Gasteiger partial charge on any atom is 0.321 e. The molecule has 0 spiro atoms. The second kappa shape index (κ2) is 14.8. The molecule has 3 aliphatic rings. The molecule has 3 heterocycles. The van der Waals surface area contributed by atoms with Crippen molar-refractivity contribution in [1.82, 2.24) is 30.2 Å². The van der Waals surface area contributed by atoms with Crippen LogP contribution in [-0.2, 0) is 25.9 Å². The molecule has 11 nitrogen and oxygen atoms in total. The van der Waals surface area contributed by atoms with Crippen LogP contribution in [0.3, 0.4) is 0 Å². The summed E-state index contributed by atoms with van der Waals surface area (Å²) in [5.74, 6) is 3.00. The first-order chi connectivity index (χ1) is 26.5. The van der Waals surface area contributed by atoms with Crippen LogP contribution in [0.2, 0.25) is 0 Å². The van der Waals surface area contributed by atoms with Crippen molar-refractivity contribution in [2.45, 2.75) is 75.9 Å². The number of carbonyl (C=O) groups excluding carboxylic acids is 1. The molecule has 0 radical (unpaired) electrons. The first-order valence-corrected chi connectivity index (χ1v) is 19.4. The second-order valence-electron chi connectivity index (χ2n) is 15.6. The summed E-state index contributed by atoms with van der Waals surface area (Å²) in [4.78, 5) is 18.9. The quantitative estimate of drug-likeness (QED) is 0.0756. The van der Waals surface area contributed by atoms with Crippen molar-refractivity contribution in [1.29, 1.82) is 0 Å². The number of fused-ring (bicyclic) bond motifs is 2. The molecular weight excluding hydrogens is 677 g/mol. The minimum absolute atomic E-state index is 0.230. The van der Waals surface area contributed by atoms with Gasteiger partial charge < -0.3 is 30.6 Å². The van der Waals surface area contributed by atoms with Crippen LogP contribution in [0.15, 0.2) is 97.1 Å². The fourth-order valence-corrected chi connectivity index (χ4v) is 7.92. The van der Waals surface area contributed by atoms with Gasteiger partial charge in [-0.05, 0) is 96.9 Å². The lowest BCUT2D eigenvalue weighted by atomic mass is 9.91. The Balaban J connectivity index is 1.09. The zero-order valence-electron chi connectivity index (χ0n) is 30.4. The summed E-state index contributed by atoms with van der Waals surface area (Å²) in [7, 11) is 0. The second-order valence-corrected chi connectivity index (χ2v) is 15.6. The number of urea groups is 1. The summed E-state index contributed by atoms with van der Waals surface area (Å²) < 4.78 is 0. The summed E-state index contributed by atoms with van der Waals surface area (Å²) in [6.45, 7) is 2.26. The first-order valence-electron chi connectivity index (χ1n) is 19.4. The molecule has 2 saturated carbocycles. The van der Waals surface area contributed by atoms with Gasteiger partial charge in [0.25, 0.3) is 0 Å². The topological polar surface area (TPSA) is 145 Å². The van der Waals surface area contributed by atoms with Crippen molar-refractivity contribution < 1.29 is 15.0 Å². The molecule has 2 amide bonds. The van der Waals surface area contributed by atoms with E-state index in [1.807, 2.05) is 84.9 Å². The Morgan fingerprint density at radius 2 is 1.02 bits per heavy atom. The highest BCUT2D eigenvalue weighted by atomic mass is 16.3. The van der Waals surface area contributed by atoms with Gasteiger partial charge >= 0.3 is 6.03 Å². The van der Waals surface area contributed by atoms with Gasteiger partial charge in [0.2, 0.25) is 0 Å². The van der Waals surface area contributed by atoms with Crippen molar-refractivity contribution in [2.75, 3.05) is 23.7 Å². The fraction of sp³-hybridized carbons (Fsp3) is 0.372. The number of aromatic nitrogens is 4. The number of amides is 2. The minimum Gasteiger partial charge on any atom is -0.388 e. The summed E-state index contributed by atoms with van der Waals surface area (Å²) >= 11 is 0. The molecule has 1 aliphatic heterocycles. The van der Waals surface area contributed by atoms with E-state index in [-0.39, 0.29) is 19.1 Å². The van der Waals surface area contributed by atoms with Crippen molar-refractivity contribution in [2.24, 2.45) is 11.8 Å². The van der Waals surface area contributed by atoms with Crippen LogP contribution in [-0.4, -0.2) is 83.8 Å². The van der Waals surface area contributed by atoms with E-state index in [2.05, 4.69) is 43.2 Å². The lowest BCUT2D eigenvalue weighted by molar-refractivity contribution is -0.0408. The standard InChI is InChI=1S/C43H48N8O3/c52-39-37(21-27-7-3-1-4-8-27)50(25-31-15-17-35-33(19-31)41(48-46-35)44-23-29-11-12-29)43(54)51(38(40(39)53)22-28-9-5-2-6-10-28)26-32-16-18-36-34(20-32)42(49-47-36)45-24-30-13-14-30/h1-10,15-20,29-30,37-40,52-53H,11-14,21-26H2,(H2,44,46,48)(H2,45,47,49)/t37-,38-,39+,40+/m1/s1. The van der Waals surface area contributed by atoms with E-state index in [4.69, 9.17) is 0 Å². The predicted octanol–water partition coefficient (Wildman–Crippen LogP) is 6.47. The lowest BCUT2D eigenvalue weighted by Crippen LogP contribution is -2.50. The van der Waals surface area contributed by atoms with E-state index in [9.17, 15) is 10.2 Å². The zero-order valence-corrected chi connectivity index (χ0v) is 30.4. The molecule has 0 bridgehead atoms. The van der Waals surface area contributed by atoms with Gasteiger partial charge in [-0.2, -0.15) is 10.2 Å². The SMILES string of the molecule is O=C1N(Cc2ccc3[nH]nc(NCC4CC4)c3c2)[C@H](Cc2ccccc2)[C@H](O)[C@@H](O)[C@@H](Cc2ccccc2)N1Cc1ccc2[nH]nc(NCC3CC3)c2c1. The zero-order chi connectivity index (χ0) is 36.6. The minimum atomic E-state index is -1.21. The highest BCUT2D eigenvalue weighted by Gasteiger charge is 2.46. The van der Waals surface area contributed by atoms with Crippen molar-refractivity contribution in [3.05, 3.63) is 119 Å². The highest BCUT2D eigenvalue weighted by Crippen LogP contribution is 2.34.